The third kappa shape index (κ3) is 1.83. The lowest BCUT2D eigenvalue weighted by atomic mass is 10.4. The quantitative estimate of drug-likeness (QED) is 0.810. The van der Waals surface area contributed by atoms with E-state index in [2.05, 4.69) is 28.0 Å². The summed E-state index contributed by atoms with van der Waals surface area (Å²) in [5.41, 5.74) is 1.10. The summed E-state index contributed by atoms with van der Waals surface area (Å²) >= 11 is 5.81. The normalized spacial score (nSPS) is 10.7. The highest BCUT2D eigenvalue weighted by molar-refractivity contribution is 7.80. The van der Waals surface area contributed by atoms with Gasteiger partial charge in [0.25, 0.3) is 0 Å². The Kier molecular flexibility index (Phi) is 2.88. The smallest absolute Gasteiger partial charge is 0.168 e. The molecule has 0 amide bonds. The van der Waals surface area contributed by atoms with Crippen LogP contribution in [0, 0.1) is 0 Å². The SMILES string of the molecule is Cn1ccnc1-c1nc(CCS)cs1. The summed E-state index contributed by atoms with van der Waals surface area (Å²) in [5.74, 6) is 1.77. The highest BCUT2D eigenvalue weighted by Gasteiger charge is 2.07. The zero-order chi connectivity index (χ0) is 9.97. The van der Waals surface area contributed by atoms with Crippen molar-refractivity contribution in [3.63, 3.8) is 0 Å². The van der Waals surface area contributed by atoms with Gasteiger partial charge in [0.05, 0.1) is 5.69 Å². The maximum absolute atomic E-state index is 4.49. The van der Waals surface area contributed by atoms with E-state index in [9.17, 15) is 0 Å². The monoisotopic (exact) mass is 225 g/mol. The van der Waals surface area contributed by atoms with Gasteiger partial charge >= 0.3 is 0 Å². The molecule has 5 heteroatoms. The Morgan fingerprint density at radius 1 is 1.57 bits per heavy atom. The molecule has 0 saturated heterocycles. The lowest BCUT2D eigenvalue weighted by Gasteiger charge is -1.95. The number of thiazole rings is 1. The molecular weight excluding hydrogens is 214 g/mol. The molecule has 74 valence electrons. The number of imidazole rings is 1. The van der Waals surface area contributed by atoms with Gasteiger partial charge in [-0.1, -0.05) is 0 Å². The number of thiol groups is 1. The molecule has 0 fully saturated rings. The number of rotatable bonds is 3. The molecule has 2 heterocycles. The molecular formula is C9H11N3S2. The first-order valence-corrected chi connectivity index (χ1v) is 5.85. The molecule has 0 aliphatic rings. The molecule has 2 aromatic heterocycles. The Hall–Kier alpha value is -0.810. The lowest BCUT2D eigenvalue weighted by Crippen LogP contribution is -1.91. The second-order valence-electron chi connectivity index (χ2n) is 2.98. The molecule has 0 aliphatic heterocycles. The van der Waals surface area contributed by atoms with Crippen LogP contribution < -0.4 is 0 Å². The third-order valence-electron chi connectivity index (χ3n) is 1.93. The van der Waals surface area contributed by atoms with Gasteiger partial charge in [-0.2, -0.15) is 12.6 Å². The summed E-state index contributed by atoms with van der Waals surface area (Å²) in [4.78, 5) is 8.74. The second kappa shape index (κ2) is 4.14. The first-order chi connectivity index (χ1) is 6.81. The van der Waals surface area contributed by atoms with Gasteiger partial charge in [-0.3, -0.25) is 0 Å². The average molecular weight is 225 g/mol. The number of aryl methyl sites for hydroxylation is 2. The van der Waals surface area contributed by atoms with Gasteiger partial charge < -0.3 is 4.57 Å². The zero-order valence-corrected chi connectivity index (χ0v) is 9.55. The van der Waals surface area contributed by atoms with Gasteiger partial charge in [0.2, 0.25) is 0 Å². The fraction of sp³-hybridized carbons (Fsp3) is 0.333. The summed E-state index contributed by atoms with van der Waals surface area (Å²) < 4.78 is 1.98. The van der Waals surface area contributed by atoms with Crippen LogP contribution in [0.4, 0.5) is 0 Å². The molecule has 0 unspecified atom stereocenters. The van der Waals surface area contributed by atoms with Crippen molar-refractivity contribution in [1.29, 1.82) is 0 Å². The Bertz CT molecular complexity index is 419. The van der Waals surface area contributed by atoms with Gasteiger partial charge in [0, 0.05) is 24.8 Å². The Morgan fingerprint density at radius 3 is 3.07 bits per heavy atom. The van der Waals surface area contributed by atoms with E-state index in [0.29, 0.717) is 0 Å². The molecule has 0 aromatic carbocycles. The van der Waals surface area contributed by atoms with Crippen molar-refractivity contribution in [2.24, 2.45) is 7.05 Å². The predicted octanol–water partition coefficient (Wildman–Crippen LogP) is 2.02. The summed E-state index contributed by atoms with van der Waals surface area (Å²) in [7, 11) is 1.97. The lowest BCUT2D eigenvalue weighted by molar-refractivity contribution is 0.919. The van der Waals surface area contributed by atoms with Gasteiger partial charge in [-0.15, -0.1) is 11.3 Å². The highest BCUT2D eigenvalue weighted by Crippen LogP contribution is 2.21. The fourth-order valence-corrected chi connectivity index (χ4v) is 2.33. The van der Waals surface area contributed by atoms with Crippen molar-refractivity contribution >= 4 is 24.0 Å². The van der Waals surface area contributed by atoms with Crippen LogP contribution in [0.3, 0.4) is 0 Å². The van der Waals surface area contributed by atoms with Crippen molar-refractivity contribution in [2.45, 2.75) is 6.42 Å². The summed E-state index contributed by atoms with van der Waals surface area (Å²) in [5, 5.41) is 3.05. The average Bonchev–Trinajstić information content (AvgIpc) is 2.74. The van der Waals surface area contributed by atoms with E-state index in [4.69, 9.17) is 0 Å². The van der Waals surface area contributed by atoms with E-state index < -0.39 is 0 Å². The van der Waals surface area contributed by atoms with E-state index in [-0.39, 0.29) is 0 Å². The maximum atomic E-state index is 4.49. The third-order valence-corrected chi connectivity index (χ3v) is 3.04. The van der Waals surface area contributed by atoms with Gasteiger partial charge in [0.1, 0.15) is 0 Å². The molecule has 0 atom stereocenters. The van der Waals surface area contributed by atoms with E-state index >= 15 is 0 Å². The maximum Gasteiger partial charge on any atom is 0.168 e. The number of hydrogen-bond acceptors (Lipinski definition) is 4. The molecule has 0 N–H and O–H groups in total. The minimum absolute atomic E-state index is 0.837. The van der Waals surface area contributed by atoms with Crippen LogP contribution in [0.2, 0.25) is 0 Å². The van der Waals surface area contributed by atoms with E-state index in [1.54, 1.807) is 17.5 Å². The van der Waals surface area contributed by atoms with Crippen LogP contribution in [-0.4, -0.2) is 20.3 Å². The van der Waals surface area contributed by atoms with Crippen LogP contribution in [0.5, 0.6) is 0 Å². The minimum Gasteiger partial charge on any atom is -0.332 e. The standard InChI is InChI=1S/C9H11N3S2/c1-12-4-3-10-8(12)9-11-7(2-5-13)6-14-9/h3-4,6,13H,2,5H2,1H3. The summed E-state index contributed by atoms with van der Waals surface area (Å²) in [6.45, 7) is 0. The second-order valence-corrected chi connectivity index (χ2v) is 4.28. The molecule has 0 radical (unpaired) electrons. The van der Waals surface area contributed by atoms with Gasteiger partial charge in [0.15, 0.2) is 10.8 Å². The molecule has 2 aromatic rings. The molecule has 0 saturated carbocycles. The zero-order valence-electron chi connectivity index (χ0n) is 7.84. The molecule has 2 rings (SSSR count). The topological polar surface area (TPSA) is 30.7 Å². The van der Waals surface area contributed by atoms with Crippen LogP contribution in [0.1, 0.15) is 5.69 Å². The molecule has 0 spiro atoms. The molecule has 14 heavy (non-hydrogen) atoms. The van der Waals surface area contributed by atoms with Crippen LogP contribution in [0.25, 0.3) is 10.8 Å². The summed E-state index contributed by atoms with van der Waals surface area (Å²) in [6.07, 6.45) is 4.63. The first-order valence-electron chi connectivity index (χ1n) is 4.34. The highest BCUT2D eigenvalue weighted by atomic mass is 32.1. The van der Waals surface area contributed by atoms with E-state index in [1.165, 1.54) is 0 Å². The summed E-state index contributed by atoms with van der Waals surface area (Å²) in [6, 6.07) is 0. The molecule has 3 nitrogen and oxygen atoms in total. The number of nitrogens with zero attached hydrogens (tertiary/aromatic N) is 3. The van der Waals surface area contributed by atoms with Crippen molar-refractivity contribution in [1.82, 2.24) is 14.5 Å². The van der Waals surface area contributed by atoms with Gasteiger partial charge in [-0.05, 0) is 12.2 Å². The van der Waals surface area contributed by atoms with Crippen LogP contribution >= 0.6 is 24.0 Å². The van der Waals surface area contributed by atoms with E-state index in [1.807, 2.05) is 17.8 Å². The molecule has 0 aliphatic carbocycles. The predicted molar refractivity (Wildman–Crippen MR) is 61.9 cm³/mol. The number of aromatic nitrogens is 3. The minimum atomic E-state index is 0.837. The van der Waals surface area contributed by atoms with Crippen LogP contribution in [-0.2, 0) is 13.5 Å². The van der Waals surface area contributed by atoms with Crippen molar-refractivity contribution < 1.29 is 0 Å². The Morgan fingerprint density at radius 2 is 2.43 bits per heavy atom. The first kappa shape index (κ1) is 9.73. The van der Waals surface area contributed by atoms with Crippen molar-refractivity contribution in [3.8, 4) is 10.8 Å². The van der Waals surface area contributed by atoms with E-state index in [0.717, 1.165) is 28.7 Å². The Labute approximate surface area is 92.2 Å². The fourth-order valence-electron chi connectivity index (χ4n) is 1.21. The number of hydrogen-bond donors (Lipinski definition) is 1. The molecule has 0 bridgehead atoms. The Balaban J connectivity index is 2.29. The van der Waals surface area contributed by atoms with Crippen LogP contribution in [0.15, 0.2) is 17.8 Å². The largest absolute Gasteiger partial charge is 0.332 e. The van der Waals surface area contributed by atoms with Crippen molar-refractivity contribution in [3.05, 3.63) is 23.5 Å². The van der Waals surface area contributed by atoms with Gasteiger partial charge in [-0.25, -0.2) is 9.97 Å². The van der Waals surface area contributed by atoms with Crippen molar-refractivity contribution in [2.75, 3.05) is 5.75 Å².